The van der Waals surface area contributed by atoms with E-state index in [0.717, 1.165) is 31.4 Å². The minimum Gasteiger partial charge on any atom is -0.497 e. The van der Waals surface area contributed by atoms with Gasteiger partial charge in [0, 0.05) is 18.2 Å². The average Bonchev–Trinajstić information content (AvgIpc) is 3.18. The predicted molar refractivity (Wildman–Crippen MR) is 78.2 cm³/mol. The number of ether oxygens (including phenoxy) is 1. The fraction of sp³-hybridized carbons (Fsp3) is 0.500. The molecule has 5 heteroatoms. The second-order valence-corrected chi connectivity index (χ2v) is 5.67. The monoisotopic (exact) mass is 288 g/mol. The van der Waals surface area contributed by atoms with Crippen LogP contribution in [0.2, 0.25) is 0 Å². The summed E-state index contributed by atoms with van der Waals surface area (Å²) in [6.45, 7) is 0.646. The van der Waals surface area contributed by atoms with Crippen LogP contribution in [0.3, 0.4) is 0 Å². The van der Waals surface area contributed by atoms with Crippen LogP contribution in [0, 0.1) is 0 Å². The van der Waals surface area contributed by atoms with Crippen LogP contribution in [0.15, 0.2) is 24.3 Å². The molecule has 1 aromatic rings. The van der Waals surface area contributed by atoms with Crippen LogP contribution in [0.4, 0.5) is 0 Å². The summed E-state index contributed by atoms with van der Waals surface area (Å²) in [5, 5.41) is 3.00. The van der Waals surface area contributed by atoms with E-state index in [2.05, 4.69) is 5.32 Å². The summed E-state index contributed by atoms with van der Waals surface area (Å²) in [4.78, 5) is 26.5. The molecule has 0 bridgehead atoms. The second kappa shape index (κ2) is 5.76. The maximum Gasteiger partial charge on any atom is 0.254 e. The standard InChI is InChI=1S/C16H20N2O3/c1-21-13-8-4-11(5-9-13)16(20)18-10-2-3-14(18)15(19)17-12-6-7-12/h4-5,8-9,12,14H,2-3,6-7,10H2,1H3,(H,17,19). The molecule has 2 aliphatic rings. The summed E-state index contributed by atoms with van der Waals surface area (Å²) in [6.07, 6.45) is 3.75. The summed E-state index contributed by atoms with van der Waals surface area (Å²) >= 11 is 0. The summed E-state index contributed by atoms with van der Waals surface area (Å²) in [5.74, 6) is 0.638. The number of benzene rings is 1. The van der Waals surface area contributed by atoms with E-state index in [1.807, 2.05) is 0 Å². The van der Waals surface area contributed by atoms with Crippen LogP contribution in [0.25, 0.3) is 0 Å². The minimum atomic E-state index is -0.319. The number of methoxy groups -OCH3 is 1. The Kier molecular flexibility index (Phi) is 3.82. The molecule has 0 aromatic heterocycles. The largest absolute Gasteiger partial charge is 0.497 e. The zero-order chi connectivity index (χ0) is 14.8. The van der Waals surface area contributed by atoms with Gasteiger partial charge in [-0.05, 0) is 49.9 Å². The fourth-order valence-electron chi connectivity index (χ4n) is 2.71. The van der Waals surface area contributed by atoms with Gasteiger partial charge in [0.15, 0.2) is 0 Å². The first-order valence-electron chi connectivity index (χ1n) is 7.44. The van der Waals surface area contributed by atoms with Crippen LogP contribution in [-0.2, 0) is 4.79 Å². The topological polar surface area (TPSA) is 58.6 Å². The van der Waals surface area contributed by atoms with Crippen molar-refractivity contribution >= 4 is 11.8 Å². The van der Waals surface area contributed by atoms with Gasteiger partial charge >= 0.3 is 0 Å². The molecule has 3 rings (SSSR count). The third kappa shape index (κ3) is 3.01. The number of rotatable bonds is 4. The van der Waals surface area contributed by atoms with Crippen molar-refractivity contribution in [2.75, 3.05) is 13.7 Å². The first-order chi connectivity index (χ1) is 10.2. The van der Waals surface area contributed by atoms with E-state index in [-0.39, 0.29) is 17.9 Å². The van der Waals surface area contributed by atoms with Crippen LogP contribution < -0.4 is 10.1 Å². The first kappa shape index (κ1) is 13.9. The Morgan fingerprint density at radius 3 is 2.52 bits per heavy atom. The number of carbonyl (C=O) groups is 2. The molecule has 0 spiro atoms. The van der Waals surface area contributed by atoms with Gasteiger partial charge < -0.3 is 15.0 Å². The quantitative estimate of drug-likeness (QED) is 0.915. The average molecular weight is 288 g/mol. The van der Waals surface area contributed by atoms with Gasteiger partial charge in [-0.15, -0.1) is 0 Å². The minimum absolute atomic E-state index is 0.00291. The molecule has 1 atom stereocenters. The lowest BCUT2D eigenvalue weighted by molar-refractivity contribution is -0.125. The Hall–Kier alpha value is -2.04. The highest BCUT2D eigenvalue weighted by molar-refractivity contribution is 5.98. The summed E-state index contributed by atoms with van der Waals surface area (Å²) in [5.41, 5.74) is 0.599. The van der Waals surface area contributed by atoms with Crippen molar-refractivity contribution in [1.29, 1.82) is 0 Å². The predicted octanol–water partition coefficient (Wildman–Crippen LogP) is 1.58. The Morgan fingerprint density at radius 2 is 1.90 bits per heavy atom. The highest BCUT2D eigenvalue weighted by Crippen LogP contribution is 2.24. The van der Waals surface area contributed by atoms with Gasteiger partial charge in [0.05, 0.1) is 7.11 Å². The molecule has 1 aromatic carbocycles. The van der Waals surface area contributed by atoms with Gasteiger partial charge in [-0.1, -0.05) is 0 Å². The lowest BCUT2D eigenvalue weighted by atomic mass is 10.1. The number of amides is 2. The Labute approximate surface area is 124 Å². The highest BCUT2D eigenvalue weighted by atomic mass is 16.5. The lowest BCUT2D eigenvalue weighted by Gasteiger charge is -2.24. The molecular formula is C16H20N2O3. The summed E-state index contributed by atoms with van der Waals surface area (Å²) < 4.78 is 5.10. The number of nitrogens with one attached hydrogen (secondary N) is 1. The number of likely N-dealkylation sites (tertiary alicyclic amines) is 1. The van der Waals surface area contributed by atoms with E-state index < -0.39 is 0 Å². The molecular weight excluding hydrogens is 268 g/mol. The van der Waals surface area contributed by atoms with Crippen molar-refractivity contribution < 1.29 is 14.3 Å². The molecule has 1 heterocycles. The Morgan fingerprint density at radius 1 is 1.19 bits per heavy atom. The third-order valence-electron chi connectivity index (χ3n) is 4.08. The first-order valence-corrected chi connectivity index (χ1v) is 7.44. The van der Waals surface area contributed by atoms with Gasteiger partial charge in [0.25, 0.3) is 5.91 Å². The normalized spacial score (nSPS) is 21.2. The van der Waals surface area contributed by atoms with Gasteiger partial charge in [-0.3, -0.25) is 9.59 Å². The van der Waals surface area contributed by atoms with Crippen molar-refractivity contribution in [3.05, 3.63) is 29.8 Å². The highest BCUT2D eigenvalue weighted by Gasteiger charge is 2.36. The second-order valence-electron chi connectivity index (χ2n) is 5.67. The number of carbonyl (C=O) groups excluding carboxylic acids is 2. The smallest absolute Gasteiger partial charge is 0.254 e. The van der Waals surface area contributed by atoms with E-state index in [4.69, 9.17) is 4.74 Å². The van der Waals surface area contributed by atoms with E-state index >= 15 is 0 Å². The summed E-state index contributed by atoms with van der Waals surface area (Å²) in [7, 11) is 1.59. The zero-order valence-corrected chi connectivity index (χ0v) is 12.2. The molecule has 1 aliphatic carbocycles. The van der Waals surface area contributed by atoms with Gasteiger partial charge in [-0.25, -0.2) is 0 Å². The van der Waals surface area contributed by atoms with E-state index in [1.165, 1.54) is 0 Å². The Balaban J connectivity index is 1.70. The molecule has 112 valence electrons. The lowest BCUT2D eigenvalue weighted by Crippen LogP contribution is -2.46. The maximum atomic E-state index is 12.6. The van der Waals surface area contributed by atoms with Crippen molar-refractivity contribution in [2.24, 2.45) is 0 Å². The number of nitrogens with zero attached hydrogens (tertiary/aromatic N) is 1. The van der Waals surface area contributed by atoms with Crippen LogP contribution in [0.5, 0.6) is 5.75 Å². The van der Waals surface area contributed by atoms with Crippen molar-refractivity contribution in [3.63, 3.8) is 0 Å². The SMILES string of the molecule is COc1ccc(C(=O)N2CCCC2C(=O)NC2CC2)cc1. The molecule has 1 unspecified atom stereocenters. The van der Waals surface area contributed by atoms with Crippen LogP contribution in [0.1, 0.15) is 36.0 Å². The van der Waals surface area contributed by atoms with Crippen LogP contribution in [-0.4, -0.2) is 42.5 Å². The molecule has 1 saturated heterocycles. The molecule has 1 N–H and O–H groups in total. The molecule has 1 saturated carbocycles. The third-order valence-corrected chi connectivity index (χ3v) is 4.08. The van der Waals surface area contributed by atoms with Crippen LogP contribution >= 0.6 is 0 Å². The van der Waals surface area contributed by atoms with Crippen molar-refractivity contribution in [3.8, 4) is 5.75 Å². The zero-order valence-electron chi connectivity index (χ0n) is 12.2. The van der Waals surface area contributed by atoms with Crippen molar-refractivity contribution in [2.45, 2.75) is 37.8 Å². The molecule has 2 amide bonds. The van der Waals surface area contributed by atoms with Gasteiger partial charge in [0.1, 0.15) is 11.8 Å². The maximum absolute atomic E-state index is 12.6. The molecule has 1 aliphatic heterocycles. The molecule has 2 fully saturated rings. The Bertz CT molecular complexity index is 537. The number of hydrogen-bond donors (Lipinski definition) is 1. The fourth-order valence-corrected chi connectivity index (χ4v) is 2.71. The van der Waals surface area contributed by atoms with E-state index in [0.29, 0.717) is 18.2 Å². The van der Waals surface area contributed by atoms with E-state index in [1.54, 1.807) is 36.3 Å². The van der Waals surface area contributed by atoms with Gasteiger partial charge in [0.2, 0.25) is 5.91 Å². The number of hydrogen-bond acceptors (Lipinski definition) is 3. The van der Waals surface area contributed by atoms with Gasteiger partial charge in [-0.2, -0.15) is 0 Å². The molecule has 5 nitrogen and oxygen atoms in total. The molecule has 21 heavy (non-hydrogen) atoms. The summed E-state index contributed by atoms with van der Waals surface area (Å²) in [6, 6.07) is 7.03. The van der Waals surface area contributed by atoms with E-state index in [9.17, 15) is 9.59 Å². The molecule has 0 radical (unpaired) electrons. The van der Waals surface area contributed by atoms with Crippen molar-refractivity contribution in [1.82, 2.24) is 10.2 Å².